The van der Waals surface area contributed by atoms with Gasteiger partial charge in [0.1, 0.15) is 0 Å². The first-order valence-electron chi connectivity index (χ1n) is 5.07. The Hall–Kier alpha value is -0.800. The molecule has 1 aromatic heterocycles. The average Bonchev–Trinajstić information content (AvgIpc) is 2.54. The molecule has 15 heavy (non-hydrogen) atoms. The van der Waals surface area contributed by atoms with E-state index in [9.17, 15) is 0 Å². The van der Waals surface area contributed by atoms with E-state index >= 15 is 0 Å². The van der Waals surface area contributed by atoms with Gasteiger partial charge < -0.3 is 9.67 Å². The highest BCUT2D eigenvalue weighted by Crippen LogP contribution is 2.28. The molecule has 0 radical (unpaired) electrons. The van der Waals surface area contributed by atoms with Gasteiger partial charge in [-0.1, -0.05) is 12.1 Å². The summed E-state index contributed by atoms with van der Waals surface area (Å²) in [4.78, 5) is 0. The Morgan fingerprint density at radius 2 is 2.20 bits per heavy atom. The standard InChI is InChI=1S/C12H14BrNO/c1-14-8-9(4-3-7-15)10-5-2-6-11(13)12(10)14/h2,5-6,8,15H,3-4,7H2,1H3. The quantitative estimate of drug-likeness (QED) is 0.909. The zero-order valence-electron chi connectivity index (χ0n) is 8.70. The van der Waals surface area contributed by atoms with Gasteiger partial charge in [0, 0.05) is 29.7 Å². The summed E-state index contributed by atoms with van der Waals surface area (Å²) in [6.07, 6.45) is 3.90. The second-order valence-corrected chi connectivity index (χ2v) is 4.58. The Bertz CT molecular complexity index is 476. The van der Waals surface area contributed by atoms with Crippen LogP contribution in [-0.4, -0.2) is 16.3 Å². The third kappa shape index (κ3) is 1.94. The maximum absolute atomic E-state index is 8.84. The van der Waals surface area contributed by atoms with Gasteiger partial charge in [-0.05, 0) is 40.4 Å². The zero-order chi connectivity index (χ0) is 10.8. The normalized spacial score (nSPS) is 11.1. The number of aromatic nitrogens is 1. The first kappa shape index (κ1) is 10.7. The van der Waals surface area contributed by atoms with Gasteiger partial charge in [0.25, 0.3) is 0 Å². The lowest BCUT2D eigenvalue weighted by atomic mass is 10.1. The number of benzene rings is 1. The summed E-state index contributed by atoms with van der Waals surface area (Å²) >= 11 is 3.56. The van der Waals surface area contributed by atoms with Crippen molar-refractivity contribution in [2.45, 2.75) is 12.8 Å². The van der Waals surface area contributed by atoms with E-state index in [0.717, 1.165) is 17.3 Å². The highest BCUT2D eigenvalue weighted by atomic mass is 79.9. The molecule has 2 nitrogen and oxygen atoms in total. The molecule has 0 spiro atoms. The Labute approximate surface area is 97.7 Å². The number of aliphatic hydroxyl groups excluding tert-OH is 1. The monoisotopic (exact) mass is 267 g/mol. The molecular formula is C12H14BrNO. The lowest BCUT2D eigenvalue weighted by Gasteiger charge is -1.99. The summed E-state index contributed by atoms with van der Waals surface area (Å²) < 4.78 is 3.25. The van der Waals surface area contributed by atoms with Crippen LogP contribution < -0.4 is 0 Å². The van der Waals surface area contributed by atoms with E-state index in [-0.39, 0.29) is 6.61 Å². The summed E-state index contributed by atoms with van der Waals surface area (Å²) in [7, 11) is 2.05. The summed E-state index contributed by atoms with van der Waals surface area (Å²) in [6, 6.07) is 6.24. The highest BCUT2D eigenvalue weighted by Gasteiger charge is 2.08. The minimum atomic E-state index is 0.254. The molecule has 1 aromatic carbocycles. The number of hydrogen-bond donors (Lipinski definition) is 1. The molecule has 0 saturated carbocycles. The molecule has 80 valence electrons. The SMILES string of the molecule is Cn1cc(CCCO)c2cccc(Br)c21. The minimum Gasteiger partial charge on any atom is -0.396 e. The van der Waals surface area contributed by atoms with Gasteiger partial charge in [0.2, 0.25) is 0 Å². The fourth-order valence-corrected chi connectivity index (χ4v) is 2.62. The summed E-state index contributed by atoms with van der Waals surface area (Å²) in [5.41, 5.74) is 2.54. The van der Waals surface area contributed by atoms with Gasteiger partial charge >= 0.3 is 0 Å². The first-order valence-corrected chi connectivity index (χ1v) is 5.86. The number of para-hydroxylation sites is 1. The fraction of sp³-hybridized carbons (Fsp3) is 0.333. The van der Waals surface area contributed by atoms with Crippen LogP contribution >= 0.6 is 15.9 Å². The maximum Gasteiger partial charge on any atom is 0.0624 e. The Kier molecular flexibility index (Phi) is 3.12. The zero-order valence-corrected chi connectivity index (χ0v) is 10.3. The van der Waals surface area contributed by atoms with Crippen molar-refractivity contribution in [3.63, 3.8) is 0 Å². The van der Waals surface area contributed by atoms with Gasteiger partial charge in [-0.2, -0.15) is 0 Å². The number of aliphatic hydroxyl groups is 1. The van der Waals surface area contributed by atoms with Crippen molar-refractivity contribution in [2.24, 2.45) is 7.05 Å². The van der Waals surface area contributed by atoms with Gasteiger partial charge in [-0.3, -0.25) is 0 Å². The molecule has 0 bridgehead atoms. The van der Waals surface area contributed by atoms with E-state index in [1.54, 1.807) is 0 Å². The van der Waals surface area contributed by atoms with Crippen molar-refractivity contribution in [1.82, 2.24) is 4.57 Å². The van der Waals surface area contributed by atoms with Crippen LogP contribution in [-0.2, 0) is 13.5 Å². The van der Waals surface area contributed by atoms with Crippen LogP contribution in [0.3, 0.4) is 0 Å². The smallest absolute Gasteiger partial charge is 0.0624 e. The topological polar surface area (TPSA) is 25.2 Å². The van der Waals surface area contributed by atoms with Gasteiger partial charge in [-0.25, -0.2) is 0 Å². The highest BCUT2D eigenvalue weighted by molar-refractivity contribution is 9.10. The summed E-state index contributed by atoms with van der Waals surface area (Å²) in [5, 5.41) is 10.1. The predicted molar refractivity (Wildman–Crippen MR) is 66.0 cm³/mol. The molecule has 3 heteroatoms. The van der Waals surface area contributed by atoms with Gasteiger partial charge in [0.15, 0.2) is 0 Å². The molecule has 0 unspecified atom stereocenters. The third-order valence-electron chi connectivity index (χ3n) is 2.64. The number of halogens is 1. The molecule has 0 atom stereocenters. The third-order valence-corrected chi connectivity index (χ3v) is 3.28. The van der Waals surface area contributed by atoms with Crippen LogP contribution in [0.15, 0.2) is 28.9 Å². The van der Waals surface area contributed by atoms with Crippen LogP contribution in [0.1, 0.15) is 12.0 Å². The number of rotatable bonds is 3. The molecule has 0 aliphatic rings. The average molecular weight is 268 g/mol. The molecule has 0 aliphatic heterocycles. The van der Waals surface area contributed by atoms with Crippen LogP contribution in [0.5, 0.6) is 0 Å². The predicted octanol–water partition coefficient (Wildman–Crippen LogP) is 2.87. The lowest BCUT2D eigenvalue weighted by Crippen LogP contribution is -1.87. The maximum atomic E-state index is 8.84. The van der Waals surface area contributed by atoms with E-state index in [4.69, 9.17) is 5.11 Å². The molecule has 2 aromatic rings. The lowest BCUT2D eigenvalue weighted by molar-refractivity contribution is 0.288. The molecule has 2 rings (SSSR count). The molecule has 1 N–H and O–H groups in total. The molecule has 0 aliphatic carbocycles. The van der Waals surface area contributed by atoms with Gasteiger partial charge in [0.05, 0.1) is 5.52 Å². The van der Waals surface area contributed by atoms with Crippen LogP contribution in [0.25, 0.3) is 10.9 Å². The largest absolute Gasteiger partial charge is 0.396 e. The first-order chi connectivity index (χ1) is 7.24. The van der Waals surface area contributed by atoms with Crippen molar-refractivity contribution < 1.29 is 5.11 Å². The summed E-state index contributed by atoms with van der Waals surface area (Å²) in [5.74, 6) is 0. The van der Waals surface area contributed by atoms with Crippen molar-refractivity contribution >= 4 is 26.8 Å². The Morgan fingerprint density at radius 1 is 1.40 bits per heavy atom. The number of hydrogen-bond acceptors (Lipinski definition) is 1. The van der Waals surface area contributed by atoms with E-state index in [0.29, 0.717) is 0 Å². The molecule has 0 amide bonds. The Balaban J connectivity index is 2.53. The molecule has 0 saturated heterocycles. The van der Waals surface area contributed by atoms with Gasteiger partial charge in [-0.15, -0.1) is 0 Å². The van der Waals surface area contributed by atoms with Crippen molar-refractivity contribution in [2.75, 3.05) is 6.61 Å². The van der Waals surface area contributed by atoms with Crippen LogP contribution in [0.4, 0.5) is 0 Å². The molecule has 0 fully saturated rings. The second kappa shape index (κ2) is 4.37. The Morgan fingerprint density at radius 3 is 2.93 bits per heavy atom. The minimum absolute atomic E-state index is 0.254. The number of nitrogens with zero attached hydrogens (tertiary/aromatic N) is 1. The van der Waals surface area contributed by atoms with Crippen molar-refractivity contribution in [3.05, 3.63) is 34.4 Å². The summed E-state index contributed by atoms with van der Waals surface area (Å²) in [6.45, 7) is 0.254. The van der Waals surface area contributed by atoms with E-state index in [1.165, 1.54) is 16.5 Å². The number of fused-ring (bicyclic) bond motifs is 1. The molecule has 1 heterocycles. The second-order valence-electron chi connectivity index (χ2n) is 3.73. The molecular weight excluding hydrogens is 254 g/mol. The fourth-order valence-electron chi connectivity index (χ4n) is 1.97. The van der Waals surface area contributed by atoms with Crippen LogP contribution in [0.2, 0.25) is 0 Å². The van der Waals surface area contributed by atoms with E-state index in [2.05, 4.69) is 51.9 Å². The van der Waals surface area contributed by atoms with Crippen molar-refractivity contribution in [3.8, 4) is 0 Å². The number of aryl methyl sites for hydroxylation is 2. The van der Waals surface area contributed by atoms with Crippen LogP contribution in [0, 0.1) is 0 Å². The van der Waals surface area contributed by atoms with E-state index in [1.807, 2.05) is 0 Å². The van der Waals surface area contributed by atoms with E-state index < -0.39 is 0 Å². The van der Waals surface area contributed by atoms with Crippen molar-refractivity contribution in [1.29, 1.82) is 0 Å².